The molecular formula is C14H18N2O2. The van der Waals surface area contributed by atoms with Gasteiger partial charge in [-0.05, 0) is 43.9 Å². The largest absolute Gasteiger partial charge is 0.353 e. The zero-order valence-corrected chi connectivity index (χ0v) is 10.7. The van der Waals surface area contributed by atoms with Crippen molar-refractivity contribution in [2.75, 3.05) is 5.32 Å². The summed E-state index contributed by atoms with van der Waals surface area (Å²) in [4.78, 5) is 23.2. The summed E-state index contributed by atoms with van der Waals surface area (Å²) in [5, 5.41) is 5.57. The van der Waals surface area contributed by atoms with Crippen molar-refractivity contribution < 1.29 is 9.59 Å². The minimum atomic E-state index is -0.262. The van der Waals surface area contributed by atoms with Crippen molar-refractivity contribution in [3.63, 3.8) is 0 Å². The average molecular weight is 246 g/mol. The predicted molar refractivity (Wildman–Crippen MR) is 70.3 cm³/mol. The van der Waals surface area contributed by atoms with Gasteiger partial charge in [0, 0.05) is 11.7 Å². The Morgan fingerprint density at radius 1 is 1.22 bits per heavy atom. The molecule has 0 bridgehead atoms. The standard InChI is InChI=1S/C14H18N2O2/c1-9-4-3-5-12(10(9)2)16-14(18)8-13(17)15-11-6-7-11/h3-5,11H,6-8H2,1-2H3,(H,15,17)(H,16,18). The van der Waals surface area contributed by atoms with Gasteiger partial charge in [0.25, 0.3) is 0 Å². The molecule has 1 fully saturated rings. The van der Waals surface area contributed by atoms with Crippen LogP contribution in [-0.2, 0) is 9.59 Å². The number of aryl methyl sites for hydroxylation is 1. The van der Waals surface area contributed by atoms with E-state index in [1.807, 2.05) is 32.0 Å². The number of nitrogens with one attached hydrogen (secondary N) is 2. The summed E-state index contributed by atoms with van der Waals surface area (Å²) in [6.45, 7) is 3.94. The van der Waals surface area contributed by atoms with Crippen molar-refractivity contribution in [2.45, 2.75) is 39.2 Å². The van der Waals surface area contributed by atoms with Crippen molar-refractivity contribution in [1.29, 1.82) is 0 Å². The van der Waals surface area contributed by atoms with Gasteiger partial charge in [-0.1, -0.05) is 12.1 Å². The molecule has 18 heavy (non-hydrogen) atoms. The van der Waals surface area contributed by atoms with E-state index in [9.17, 15) is 9.59 Å². The second-order valence-electron chi connectivity index (χ2n) is 4.81. The minimum absolute atomic E-state index is 0.107. The highest BCUT2D eigenvalue weighted by Crippen LogP contribution is 2.19. The second-order valence-corrected chi connectivity index (χ2v) is 4.81. The van der Waals surface area contributed by atoms with Crippen LogP contribution in [0.5, 0.6) is 0 Å². The summed E-state index contributed by atoms with van der Waals surface area (Å²) in [6.07, 6.45) is 1.96. The quantitative estimate of drug-likeness (QED) is 0.797. The molecule has 2 N–H and O–H groups in total. The van der Waals surface area contributed by atoms with E-state index in [4.69, 9.17) is 0 Å². The third-order valence-electron chi connectivity index (χ3n) is 3.14. The molecule has 0 spiro atoms. The topological polar surface area (TPSA) is 58.2 Å². The van der Waals surface area contributed by atoms with Crippen LogP contribution in [0.25, 0.3) is 0 Å². The molecule has 0 saturated heterocycles. The fourth-order valence-corrected chi connectivity index (χ4v) is 1.73. The second kappa shape index (κ2) is 5.21. The van der Waals surface area contributed by atoms with E-state index in [-0.39, 0.29) is 18.2 Å². The fourth-order valence-electron chi connectivity index (χ4n) is 1.73. The number of carbonyl (C=O) groups is 2. The molecule has 1 aliphatic carbocycles. The highest BCUT2D eigenvalue weighted by atomic mass is 16.2. The SMILES string of the molecule is Cc1cccc(NC(=O)CC(=O)NC2CC2)c1C. The molecule has 4 heteroatoms. The lowest BCUT2D eigenvalue weighted by atomic mass is 10.1. The number of carbonyl (C=O) groups excluding carboxylic acids is 2. The maximum absolute atomic E-state index is 11.7. The molecule has 0 aliphatic heterocycles. The Morgan fingerprint density at radius 3 is 2.61 bits per heavy atom. The van der Waals surface area contributed by atoms with Gasteiger partial charge in [-0.15, -0.1) is 0 Å². The Kier molecular flexibility index (Phi) is 3.65. The van der Waals surface area contributed by atoms with Gasteiger partial charge in [-0.3, -0.25) is 9.59 Å². The third-order valence-corrected chi connectivity index (χ3v) is 3.14. The van der Waals surface area contributed by atoms with E-state index >= 15 is 0 Å². The first-order valence-corrected chi connectivity index (χ1v) is 6.21. The molecule has 1 aromatic rings. The number of hydrogen-bond acceptors (Lipinski definition) is 2. The predicted octanol–water partition coefficient (Wildman–Crippen LogP) is 1.91. The average Bonchev–Trinajstić information content (AvgIpc) is 3.08. The van der Waals surface area contributed by atoms with Gasteiger partial charge < -0.3 is 10.6 Å². The third kappa shape index (κ3) is 3.32. The number of amides is 2. The monoisotopic (exact) mass is 246 g/mol. The van der Waals surface area contributed by atoms with Crippen LogP contribution in [0, 0.1) is 13.8 Å². The molecule has 0 atom stereocenters. The van der Waals surface area contributed by atoms with E-state index in [1.165, 1.54) is 0 Å². The molecule has 2 amide bonds. The smallest absolute Gasteiger partial charge is 0.233 e. The first kappa shape index (κ1) is 12.6. The van der Waals surface area contributed by atoms with Crippen LogP contribution in [0.15, 0.2) is 18.2 Å². The van der Waals surface area contributed by atoms with Crippen molar-refractivity contribution >= 4 is 17.5 Å². The summed E-state index contributed by atoms with van der Waals surface area (Å²) in [6, 6.07) is 6.03. The van der Waals surface area contributed by atoms with E-state index in [2.05, 4.69) is 10.6 Å². The van der Waals surface area contributed by atoms with Crippen molar-refractivity contribution in [1.82, 2.24) is 5.32 Å². The number of rotatable bonds is 4. The van der Waals surface area contributed by atoms with E-state index in [1.54, 1.807) is 0 Å². The van der Waals surface area contributed by atoms with E-state index in [0.717, 1.165) is 29.7 Å². The molecule has 0 aromatic heterocycles. The van der Waals surface area contributed by atoms with Gasteiger partial charge in [0.1, 0.15) is 6.42 Å². The maximum Gasteiger partial charge on any atom is 0.233 e. The van der Waals surface area contributed by atoms with Crippen LogP contribution < -0.4 is 10.6 Å². The van der Waals surface area contributed by atoms with E-state index < -0.39 is 0 Å². The van der Waals surface area contributed by atoms with Crippen LogP contribution in [0.3, 0.4) is 0 Å². The lowest BCUT2D eigenvalue weighted by Gasteiger charge is -2.10. The van der Waals surface area contributed by atoms with Gasteiger partial charge in [-0.25, -0.2) is 0 Å². The maximum atomic E-state index is 11.7. The first-order valence-electron chi connectivity index (χ1n) is 6.21. The number of hydrogen-bond donors (Lipinski definition) is 2. The first-order chi connectivity index (χ1) is 8.56. The summed E-state index contributed by atoms with van der Waals surface area (Å²) in [5.41, 5.74) is 2.93. The van der Waals surface area contributed by atoms with Crippen LogP contribution in [0.4, 0.5) is 5.69 Å². The number of anilines is 1. The van der Waals surface area contributed by atoms with Crippen LogP contribution in [0.1, 0.15) is 30.4 Å². The Morgan fingerprint density at radius 2 is 1.94 bits per heavy atom. The summed E-state index contributed by atoms with van der Waals surface area (Å²) in [7, 11) is 0. The molecule has 1 aliphatic rings. The Labute approximate surface area is 107 Å². The normalized spacial score (nSPS) is 14.1. The molecule has 0 heterocycles. The summed E-state index contributed by atoms with van der Waals surface area (Å²) >= 11 is 0. The fraction of sp³-hybridized carbons (Fsp3) is 0.429. The van der Waals surface area contributed by atoms with Gasteiger partial charge in [0.15, 0.2) is 0 Å². The van der Waals surface area contributed by atoms with Gasteiger partial charge in [0.2, 0.25) is 11.8 Å². The highest BCUT2D eigenvalue weighted by Gasteiger charge is 2.24. The van der Waals surface area contributed by atoms with Crippen molar-refractivity contribution in [2.24, 2.45) is 0 Å². The molecule has 0 unspecified atom stereocenters. The Bertz CT molecular complexity index is 479. The molecule has 0 radical (unpaired) electrons. The van der Waals surface area contributed by atoms with Gasteiger partial charge in [0.05, 0.1) is 0 Å². The minimum Gasteiger partial charge on any atom is -0.353 e. The summed E-state index contributed by atoms with van der Waals surface area (Å²) in [5.74, 6) is -0.456. The Hall–Kier alpha value is -1.84. The summed E-state index contributed by atoms with van der Waals surface area (Å²) < 4.78 is 0. The van der Waals surface area contributed by atoms with Gasteiger partial charge in [-0.2, -0.15) is 0 Å². The number of benzene rings is 1. The molecule has 1 saturated carbocycles. The lowest BCUT2D eigenvalue weighted by molar-refractivity contribution is -0.126. The zero-order chi connectivity index (χ0) is 13.1. The zero-order valence-electron chi connectivity index (χ0n) is 10.7. The molecular weight excluding hydrogens is 228 g/mol. The van der Waals surface area contributed by atoms with Gasteiger partial charge >= 0.3 is 0 Å². The van der Waals surface area contributed by atoms with Crippen LogP contribution in [0.2, 0.25) is 0 Å². The Balaban J connectivity index is 1.89. The van der Waals surface area contributed by atoms with Crippen LogP contribution >= 0.6 is 0 Å². The molecule has 2 rings (SSSR count). The van der Waals surface area contributed by atoms with Crippen molar-refractivity contribution in [3.8, 4) is 0 Å². The molecule has 4 nitrogen and oxygen atoms in total. The highest BCUT2D eigenvalue weighted by molar-refractivity contribution is 6.04. The molecule has 96 valence electrons. The molecule has 1 aromatic carbocycles. The van der Waals surface area contributed by atoms with Crippen molar-refractivity contribution in [3.05, 3.63) is 29.3 Å². The lowest BCUT2D eigenvalue weighted by Crippen LogP contribution is -2.29. The van der Waals surface area contributed by atoms with E-state index in [0.29, 0.717) is 6.04 Å². The van der Waals surface area contributed by atoms with Crippen LogP contribution in [-0.4, -0.2) is 17.9 Å².